The number of halogens is 1. The van der Waals surface area contributed by atoms with E-state index < -0.39 is 11.7 Å². The lowest BCUT2D eigenvalue weighted by molar-refractivity contribution is 0.102. The van der Waals surface area contributed by atoms with Gasteiger partial charge in [-0.15, -0.1) is 0 Å². The molecule has 5 heteroatoms. The van der Waals surface area contributed by atoms with Crippen molar-refractivity contribution in [3.63, 3.8) is 0 Å². The van der Waals surface area contributed by atoms with Crippen LogP contribution in [-0.4, -0.2) is 11.0 Å². The molecule has 1 amide bonds. The van der Waals surface area contributed by atoms with Crippen LogP contribution in [0.5, 0.6) is 5.75 Å². The van der Waals surface area contributed by atoms with Crippen molar-refractivity contribution in [3.05, 3.63) is 53.8 Å². The van der Waals surface area contributed by atoms with Gasteiger partial charge in [-0.1, -0.05) is 0 Å². The Morgan fingerprint density at radius 1 is 1.17 bits per heavy atom. The second-order valence-corrected chi connectivity index (χ2v) is 3.73. The van der Waals surface area contributed by atoms with Crippen molar-refractivity contribution in [3.8, 4) is 5.75 Å². The van der Waals surface area contributed by atoms with Crippen LogP contribution in [0.1, 0.15) is 10.4 Å². The Morgan fingerprint density at radius 2 is 1.83 bits per heavy atom. The zero-order chi connectivity index (χ0) is 13.1. The lowest BCUT2D eigenvalue weighted by atomic mass is 10.2. The molecule has 0 radical (unpaired) electrons. The Balaban J connectivity index is 2.21. The van der Waals surface area contributed by atoms with Crippen molar-refractivity contribution in [1.82, 2.24) is 0 Å². The van der Waals surface area contributed by atoms with Crippen molar-refractivity contribution in [2.45, 2.75) is 0 Å². The van der Waals surface area contributed by atoms with Crippen LogP contribution in [0.15, 0.2) is 42.5 Å². The summed E-state index contributed by atoms with van der Waals surface area (Å²) in [5, 5.41) is 11.8. The first-order valence-electron chi connectivity index (χ1n) is 5.21. The maximum atomic E-state index is 12.7. The Bertz CT molecular complexity index is 582. The topological polar surface area (TPSA) is 75.3 Å². The number of aromatic hydroxyl groups is 1. The smallest absolute Gasteiger partial charge is 0.255 e. The molecule has 18 heavy (non-hydrogen) atoms. The van der Waals surface area contributed by atoms with E-state index in [0.29, 0.717) is 16.9 Å². The van der Waals surface area contributed by atoms with Gasteiger partial charge in [-0.25, -0.2) is 4.39 Å². The molecule has 0 aliphatic rings. The highest BCUT2D eigenvalue weighted by molar-refractivity contribution is 6.05. The third-order valence-corrected chi connectivity index (χ3v) is 2.39. The minimum atomic E-state index is -0.424. The highest BCUT2D eigenvalue weighted by atomic mass is 19.1. The number of amides is 1. The molecule has 0 unspecified atom stereocenters. The minimum absolute atomic E-state index is 0.00129. The molecule has 2 aromatic rings. The SMILES string of the molecule is Nc1ccc(O)cc1NC(=O)c1ccc(F)cc1. The molecule has 92 valence electrons. The Hall–Kier alpha value is -2.56. The van der Waals surface area contributed by atoms with E-state index >= 15 is 0 Å². The second kappa shape index (κ2) is 4.75. The molecule has 2 rings (SSSR count). The first-order valence-corrected chi connectivity index (χ1v) is 5.21. The summed E-state index contributed by atoms with van der Waals surface area (Å²) in [5.41, 5.74) is 6.60. The van der Waals surface area contributed by atoms with Crippen LogP contribution in [-0.2, 0) is 0 Å². The van der Waals surface area contributed by atoms with E-state index in [2.05, 4.69) is 5.32 Å². The van der Waals surface area contributed by atoms with E-state index in [1.807, 2.05) is 0 Å². The van der Waals surface area contributed by atoms with Crippen LogP contribution in [0, 0.1) is 5.82 Å². The molecule has 4 nitrogen and oxygen atoms in total. The van der Waals surface area contributed by atoms with E-state index in [4.69, 9.17) is 5.73 Å². The van der Waals surface area contributed by atoms with Crippen molar-refractivity contribution in [2.75, 3.05) is 11.1 Å². The van der Waals surface area contributed by atoms with Crippen LogP contribution < -0.4 is 11.1 Å². The Morgan fingerprint density at radius 3 is 2.50 bits per heavy atom. The van der Waals surface area contributed by atoms with Crippen LogP contribution in [0.25, 0.3) is 0 Å². The zero-order valence-corrected chi connectivity index (χ0v) is 9.35. The average Bonchev–Trinajstić information content (AvgIpc) is 2.34. The summed E-state index contributed by atoms with van der Waals surface area (Å²) in [4.78, 5) is 11.8. The maximum absolute atomic E-state index is 12.7. The summed E-state index contributed by atoms with van der Waals surface area (Å²) >= 11 is 0. The molecule has 0 saturated carbocycles. The molecule has 0 heterocycles. The normalized spacial score (nSPS) is 10.1. The van der Waals surface area contributed by atoms with Gasteiger partial charge in [-0.05, 0) is 36.4 Å². The predicted octanol–water partition coefficient (Wildman–Crippen LogP) is 2.37. The number of phenols is 1. The number of hydrogen-bond donors (Lipinski definition) is 3. The van der Waals surface area contributed by atoms with Crippen molar-refractivity contribution in [1.29, 1.82) is 0 Å². The molecule has 0 aliphatic heterocycles. The fourth-order valence-corrected chi connectivity index (χ4v) is 1.45. The van der Waals surface area contributed by atoms with E-state index in [-0.39, 0.29) is 5.75 Å². The third kappa shape index (κ3) is 2.57. The van der Waals surface area contributed by atoms with Gasteiger partial charge >= 0.3 is 0 Å². The van der Waals surface area contributed by atoms with Gasteiger partial charge in [0.1, 0.15) is 11.6 Å². The van der Waals surface area contributed by atoms with Crippen LogP contribution >= 0.6 is 0 Å². The standard InChI is InChI=1S/C13H11FN2O2/c14-9-3-1-8(2-4-9)13(18)16-12-7-10(17)5-6-11(12)15/h1-7,17H,15H2,(H,16,18). The molecular weight excluding hydrogens is 235 g/mol. The van der Waals surface area contributed by atoms with Gasteiger partial charge in [0.05, 0.1) is 11.4 Å². The van der Waals surface area contributed by atoms with Crippen LogP contribution in [0.2, 0.25) is 0 Å². The number of nitrogen functional groups attached to an aromatic ring is 1. The van der Waals surface area contributed by atoms with Gasteiger partial charge in [-0.3, -0.25) is 4.79 Å². The summed E-state index contributed by atoms with van der Waals surface area (Å²) in [7, 11) is 0. The van der Waals surface area contributed by atoms with Crippen molar-refractivity contribution >= 4 is 17.3 Å². The number of rotatable bonds is 2. The molecule has 0 spiro atoms. The number of anilines is 2. The van der Waals surface area contributed by atoms with Crippen LogP contribution in [0.3, 0.4) is 0 Å². The highest BCUT2D eigenvalue weighted by Gasteiger charge is 2.08. The van der Waals surface area contributed by atoms with Crippen molar-refractivity contribution < 1.29 is 14.3 Å². The molecule has 4 N–H and O–H groups in total. The maximum Gasteiger partial charge on any atom is 0.255 e. The highest BCUT2D eigenvalue weighted by Crippen LogP contribution is 2.24. The molecule has 2 aromatic carbocycles. The second-order valence-electron chi connectivity index (χ2n) is 3.73. The number of carbonyl (C=O) groups is 1. The summed E-state index contributed by atoms with van der Waals surface area (Å²) in [5.74, 6) is -0.839. The summed E-state index contributed by atoms with van der Waals surface area (Å²) in [6, 6.07) is 9.37. The average molecular weight is 246 g/mol. The third-order valence-electron chi connectivity index (χ3n) is 2.39. The fourth-order valence-electron chi connectivity index (χ4n) is 1.45. The number of phenolic OH excluding ortho intramolecular Hbond substituents is 1. The van der Waals surface area contributed by atoms with Gasteiger partial charge in [0.2, 0.25) is 0 Å². The molecule has 0 bridgehead atoms. The van der Waals surface area contributed by atoms with Gasteiger partial charge in [-0.2, -0.15) is 0 Å². The van der Waals surface area contributed by atoms with Crippen LogP contribution in [0.4, 0.5) is 15.8 Å². The molecule has 0 atom stereocenters. The number of hydrogen-bond acceptors (Lipinski definition) is 3. The van der Waals surface area contributed by atoms with Gasteiger partial charge in [0.15, 0.2) is 0 Å². The summed E-state index contributed by atoms with van der Waals surface area (Å²) in [6.07, 6.45) is 0. The predicted molar refractivity (Wildman–Crippen MR) is 66.9 cm³/mol. The lowest BCUT2D eigenvalue weighted by Gasteiger charge is -2.08. The van der Waals surface area contributed by atoms with Gasteiger partial charge in [0.25, 0.3) is 5.91 Å². The monoisotopic (exact) mass is 246 g/mol. The number of carbonyl (C=O) groups excluding carboxylic acids is 1. The summed E-state index contributed by atoms with van der Waals surface area (Å²) in [6.45, 7) is 0. The molecule has 0 aromatic heterocycles. The minimum Gasteiger partial charge on any atom is -0.508 e. The summed E-state index contributed by atoms with van der Waals surface area (Å²) < 4.78 is 12.7. The number of nitrogens with two attached hydrogens (primary N) is 1. The van der Waals surface area contributed by atoms with E-state index in [0.717, 1.165) is 0 Å². The van der Waals surface area contributed by atoms with Gasteiger partial charge in [0, 0.05) is 11.6 Å². The molecule has 0 aliphatic carbocycles. The molecule has 0 saturated heterocycles. The largest absolute Gasteiger partial charge is 0.508 e. The Kier molecular flexibility index (Phi) is 3.14. The number of nitrogens with one attached hydrogen (secondary N) is 1. The van der Waals surface area contributed by atoms with E-state index in [1.165, 1.54) is 42.5 Å². The first kappa shape index (κ1) is 11.9. The molecule has 0 fully saturated rings. The van der Waals surface area contributed by atoms with Gasteiger partial charge < -0.3 is 16.2 Å². The fraction of sp³-hybridized carbons (Fsp3) is 0. The quantitative estimate of drug-likeness (QED) is 0.562. The van der Waals surface area contributed by atoms with E-state index in [9.17, 15) is 14.3 Å². The number of benzene rings is 2. The molecular formula is C13H11FN2O2. The Labute approximate surface area is 103 Å². The van der Waals surface area contributed by atoms with Crippen molar-refractivity contribution in [2.24, 2.45) is 0 Å². The zero-order valence-electron chi connectivity index (χ0n) is 9.35. The first-order chi connectivity index (χ1) is 8.56. The lowest BCUT2D eigenvalue weighted by Crippen LogP contribution is -2.13. The van der Waals surface area contributed by atoms with E-state index in [1.54, 1.807) is 0 Å².